The van der Waals surface area contributed by atoms with Gasteiger partial charge in [-0.2, -0.15) is 0 Å². The third kappa shape index (κ3) is 1.60. The van der Waals surface area contributed by atoms with Crippen LogP contribution < -0.4 is 0 Å². The van der Waals surface area contributed by atoms with Gasteiger partial charge >= 0.3 is 0 Å². The van der Waals surface area contributed by atoms with E-state index < -0.39 is 0 Å². The Bertz CT molecular complexity index is 558. The van der Waals surface area contributed by atoms with Gasteiger partial charge in [-0.25, -0.2) is 4.98 Å². The first-order valence-corrected chi connectivity index (χ1v) is 6.41. The van der Waals surface area contributed by atoms with Crippen molar-refractivity contribution in [3.8, 4) is 0 Å². The summed E-state index contributed by atoms with van der Waals surface area (Å²) in [4.78, 5) is 4.48. The first kappa shape index (κ1) is 10.7. The van der Waals surface area contributed by atoms with E-state index >= 15 is 0 Å². The number of hydrogen-bond donors (Lipinski definition) is 0. The summed E-state index contributed by atoms with van der Waals surface area (Å²) in [7, 11) is 0. The standard InChI is InChI=1S/C11H9Cl3N2/c12-5-11-15-9-3-7(13)8(14)4-10(9)16(11)6-1-2-6/h3-4,6H,1-2,5H2. The van der Waals surface area contributed by atoms with Crippen LogP contribution in [0.25, 0.3) is 11.0 Å². The third-order valence-electron chi connectivity index (χ3n) is 2.84. The SMILES string of the molecule is ClCc1nc2cc(Cl)c(Cl)cc2n1C1CC1. The molecule has 1 fully saturated rings. The number of rotatable bonds is 2. The van der Waals surface area contributed by atoms with Gasteiger partial charge in [0.15, 0.2) is 0 Å². The lowest BCUT2D eigenvalue weighted by atomic mass is 10.3. The van der Waals surface area contributed by atoms with Gasteiger partial charge in [0.1, 0.15) is 5.82 Å². The van der Waals surface area contributed by atoms with Gasteiger partial charge in [0.2, 0.25) is 0 Å². The molecule has 1 aliphatic rings. The molecule has 1 saturated carbocycles. The van der Waals surface area contributed by atoms with Crippen molar-refractivity contribution in [2.24, 2.45) is 0 Å². The van der Waals surface area contributed by atoms with Gasteiger partial charge in [0.05, 0.1) is 27.0 Å². The summed E-state index contributed by atoms with van der Waals surface area (Å²) in [5.74, 6) is 1.32. The molecule has 84 valence electrons. The van der Waals surface area contributed by atoms with Crippen LogP contribution in [0.2, 0.25) is 10.0 Å². The molecule has 0 radical (unpaired) electrons. The topological polar surface area (TPSA) is 17.8 Å². The fourth-order valence-corrected chi connectivity index (χ4v) is 2.48. The van der Waals surface area contributed by atoms with Crippen molar-refractivity contribution in [3.63, 3.8) is 0 Å². The Balaban J connectivity index is 2.31. The van der Waals surface area contributed by atoms with Crippen LogP contribution in [0, 0.1) is 0 Å². The molecular weight excluding hydrogens is 266 g/mol. The highest BCUT2D eigenvalue weighted by atomic mass is 35.5. The average Bonchev–Trinajstić information content (AvgIpc) is 3.03. The number of nitrogens with zero attached hydrogens (tertiary/aromatic N) is 2. The molecule has 3 rings (SSSR count). The van der Waals surface area contributed by atoms with Crippen molar-refractivity contribution in [1.29, 1.82) is 0 Å². The molecule has 2 nitrogen and oxygen atoms in total. The second kappa shape index (κ2) is 3.80. The molecule has 1 aromatic carbocycles. The van der Waals surface area contributed by atoms with Crippen LogP contribution >= 0.6 is 34.8 Å². The van der Waals surface area contributed by atoms with E-state index in [1.807, 2.05) is 6.07 Å². The zero-order valence-corrected chi connectivity index (χ0v) is 10.6. The van der Waals surface area contributed by atoms with E-state index in [-0.39, 0.29) is 0 Å². The van der Waals surface area contributed by atoms with Crippen LogP contribution in [0.15, 0.2) is 12.1 Å². The number of fused-ring (bicyclic) bond motifs is 1. The van der Waals surface area contributed by atoms with Crippen LogP contribution in [0.3, 0.4) is 0 Å². The van der Waals surface area contributed by atoms with Crippen molar-refractivity contribution in [2.45, 2.75) is 24.8 Å². The third-order valence-corrected chi connectivity index (χ3v) is 3.80. The van der Waals surface area contributed by atoms with E-state index in [4.69, 9.17) is 34.8 Å². The van der Waals surface area contributed by atoms with E-state index in [0.29, 0.717) is 22.0 Å². The molecule has 2 aromatic rings. The van der Waals surface area contributed by atoms with Crippen LogP contribution in [-0.4, -0.2) is 9.55 Å². The molecule has 0 spiro atoms. The number of hydrogen-bond acceptors (Lipinski definition) is 1. The van der Waals surface area contributed by atoms with Crippen LogP contribution in [-0.2, 0) is 5.88 Å². The lowest BCUT2D eigenvalue weighted by Crippen LogP contribution is -1.98. The van der Waals surface area contributed by atoms with E-state index in [1.54, 1.807) is 6.07 Å². The zero-order valence-electron chi connectivity index (χ0n) is 8.38. The maximum absolute atomic E-state index is 6.03. The second-order valence-electron chi connectivity index (χ2n) is 4.02. The predicted octanol–water partition coefficient (Wildman–Crippen LogP) is 4.42. The minimum atomic E-state index is 0.417. The summed E-state index contributed by atoms with van der Waals surface area (Å²) >= 11 is 17.9. The molecule has 5 heteroatoms. The maximum Gasteiger partial charge on any atom is 0.125 e. The van der Waals surface area contributed by atoms with Crippen molar-refractivity contribution < 1.29 is 0 Å². The monoisotopic (exact) mass is 274 g/mol. The molecule has 0 aliphatic heterocycles. The highest BCUT2D eigenvalue weighted by Gasteiger charge is 2.28. The van der Waals surface area contributed by atoms with Gasteiger partial charge in [-0.05, 0) is 25.0 Å². The molecule has 0 unspecified atom stereocenters. The van der Waals surface area contributed by atoms with E-state index in [1.165, 1.54) is 12.8 Å². The largest absolute Gasteiger partial charge is 0.324 e. The van der Waals surface area contributed by atoms with Gasteiger partial charge in [-0.3, -0.25) is 0 Å². The number of benzene rings is 1. The molecule has 0 atom stereocenters. The lowest BCUT2D eigenvalue weighted by molar-refractivity contribution is 0.728. The molecule has 0 saturated heterocycles. The summed E-state index contributed by atoms with van der Waals surface area (Å²) in [6, 6.07) is 4.21. The molecule has 0 bridgehead atoms. The fraction of sp³-hybridized carbons (Fsp3) is 0.364. The summed E-state index contributed by atoms with van der Waals surface area (Å²) in [5, 5.41) is 1.10. The van der Waals surface area contributed by atoms with E-state index in [2.05, 4.69) is 9.55 Å². The average molecular weight is 276 g/mol. The summed E-state index contributed by atoms with van der Waals surface area (Å²) in [6.45, 7) is 0. The Morgan fingerprint density at radius 3 is 2.56 bits per heavy atom. The van der Waals surface area contributed by atoms with E-state index in [9.17, 15) is 0 Å². The number of imidazole rings is 1. The van der Waals surface area contributed by atoms with Gasteiger partial charge in [0, 0.05) is 6.04 Å². The molecular formula is C11H9Cl3N2. The first-order valence-electron chi connectivity index (χ1n) is 5.12. The maximum atomic E-state index is 6.03. The number of aromatic nitrogens is 2. The second-order valence-corrected chi connectivity index (χ2v) is 5.10. The van der Waals surface area contributed by atoms with Crippen molar-refractivity contribution in [2.75, 3.05) is 0 Å². The molecule has 1 aliphatic carbocycles. The lowest BCUT2D eigenvalue weighted by Gasteiger charge is -2.05. The van der Waals surface area contributed by atoms with Gasteiger partial charge < -0.3 is 4.57 Å². The molecule has 0 N–H and O–H groups in total. The zero-order chi connectivity index (χ0) is 11.3. The Kier molecular flexibility index (Phi) is 2.54. The molecule has 0 amide bonds. The normalized spacial score (nSPS) is 15.9. The Morgan fingerprint density at radius 1 is 1.25 bits per heavy atom. The van der Waals surface area contributed by atoms with E-state index in [0.717, 1.165) is 16.9 Å². The summed E-state index contributed by atoms with van der Waals surface area (Å²) < 4.78 is 2.19. The van der Waals surface area contributed by atoms with Gasteiger partial charge in [-0.1, -0.05) is 23.2 Å². The van der Waals surface area contributed by atoms with Crippen molar-refractivity contribution in [1.82, 2.24) is 9.55 Å². The van der Waals surface area contributed by atoms with Crippen molar-refractivity contribution >= 4 is 45.8 Å². The minimum absolute atomic E-state index is 0.417. The Hall–Kier alpha value is -0.440. The smallest absolute Gasteiger partial charge is 0.125 e. The summed E-state index contributed by atoms with van der Waals surface area (Å²) in [6.07, 6.45) is 2.38. The summed E-state index contributed by atoms with van der Waals surface area (Å²) in [5.41, 5.74) is 1.91. The molecule has 16 heavy (non-hydrogen) atoms. The quantitative estimate of drug-likeness (QED) is 0.742. The number of alkyl halides is 1. The van der Waals surface area contributed by atoms with Crippen molar-refractivity contribution in [3.05, 3.63) is 28.0 Å². The van der Waals surface area contributed by atoms with Crippen LogP contribution in [0.4, 0.5) is 0 Å². The minimum Gasteiger partial charge on any atom is -0.324 e. The first-order chi connectivity index (χ1) is 7.70. The Labute approximate surface area is 108 Å². The van der Waals surface area contributed by atoms with Gasteiger partial charge in [-0.15, -0.1) is 11.6 Å². The number of halogens is 3. The molecule has 1 aromatic heterocycles. The highest BCUT2D eigenvalue weighted by Crippen LogP contribution is 2.40. The van der Waals surface area contributed by atoms with Crippen LogP contribution in [0.1, 0.15) is 24.7 Å². The Morgan fingerprint density at radius 2 is 1.94 bits per heavy atom. The molecule has 1 heterocycles. The fourth-order valence-electron chi connectivity index (χ4n) is 1.97. The van der Waals surface area contributed by atoms with Crippen LogP contribution in [0.5, 0.6) is 0 Å². The highest BCUT2D eigenvalue weighted by molar-refractivity contribution is 6.42. The van der Waals surface area contributed by atoms with Gasteiger partial charge in [0.25, 0.3) is 0 Å². The predicted molar refractivity (Wildman–Crippen MR) is 67.6 cm³/mol.